The fourth-order valence-electron chi connectivity index (χ4n) is 0.534. The van der Waals surface area contributed by atoms with E-state index in [1.165, 1.54) is 0 Å². The summed E-state index contributed by atoms with van der Waals surface area (Å²) in [4.78, 5) is 10.4. The maximum Gasteiger partial charge on any atom is 0.284 e. The third kappa shape index (κ3) is 1.51. The molecule has 0 amide bonds. The number of halogens is 3. The van der Waals surface area contributed by atoms with Gasteiger partial charge in [-0.05, 0) is 11.6 Å². The first-order valence-corrected chi connectivity index (χ1v) is 2.89. The molecule has 0 atom stereocenters. The maximum absolute atomic E-state index is 11.9. The molecule has 1 rings (SSSR count). The average molecular weight is 182 g/mol. The number of rotatable bonds is 2. The summed E-state index contributed by atoms with van der Waals surface area (Å²) >= 11 is 4.91. The summed E-state index contributed by atoms with van der Waals surface area (Å²) in [7, 11) is 0. The fourth-order valence-corrected chi connectivity index (χ4v) is 0.673. The molecule has 1 N–H and O–H groups in total. The summed E-state index contributed by atoms with van der Waals surface area (Å²) in [6.45, 7) is 0. The second kappa shape index (κ2) is 2.91. The predicted molar refractivity (Wildman–Crippen MR) is 31.5 cm³/mol. The van der Waals surface area contributed by atoms with Crippen molar-refractivity contribution in [2.24, 2.45) is 0 Å². The lowest BCUT2D eigenvalue weighted by Crippen LogP contribution is -1.96. The number of nitrogens with one attached hydrogen (secondary N) is 1. The lowest BCUT2D eigenvalue weighted by atomic mass is 10.3. The predicted octanol–water partition coefficient (Wildman–Crippen LogP) is 1.12. The number of hydrogen-bond acceptors (Lipinski definition) is 3. The molecule has 0 radical (unpaired) electrons. The Hall–Kier alpha value is -1.04. The Kier molecular flexibility index (Phi) is 2.13. The van der Waals surface area contributed by atoms with Gasteiger partial charge in [0.15, 0.2) is 5.69 Å². The summed E-state index contributed by atoms with van der Waals surface area (Å²) < 4.78 is 23.8. The van der Waals surface area contributed by atoms with Crippen LogP contribution in [0.5, 0.6) is 0 Å². The zero-order chi connectivity index (χ0) is 8.43. The van der Waals surface area contributed by atoms with Crippen molar-refractivity contribution in [3.63, 3.8) is 0 Å². The van der Waals surface area contributed by atoms with Crippen molar-refractivity contribution in [1.82, 2.24) is 15.4 Å². The largest absolute Gasteiger partial charge is 0.284 e. The molecule has 11 heavy (non-hydrogen) atoms. The zero-order valence-corrected chi connectivity index (χ0v) is 5.77. The molecular weight excluding hydrogens is 180 g/mol. The van der Waals surface area contributed by atoms with Crippen molar-refractivity contribution in [2.45, 2.75) is 6.43 Å². The average Bonchev–Trinajstić information content (AvgIpc) is 2.32. The van der Waals surface area contributed by atoms with Crippen LogP contribution in [0.4, 0.5) is 8.78 Å². The highest BCUT2D eigenvalue weighted by Gasteiger charge is 2.20. The number of nitrogens with zero attached hydrogens (tertiary/aromatic N) is 2. The third-order valence-corrected chi connectivity index (χ3v) is 1.17. The minimum absolute atomic E-state index is 0.457. The molecule has 1 aromatic heterocycles. The second-order valence-corrected chi connectivity index (χ2v) is 1.99. The Morgan fingerprint density at radius 1 is 1.64 bits per heavy atom. The van der Waals surface area contributed by atoms with Gasteiger partial charge in [-0.3, -0.25) is 9.89 Å². The maximum atomic E-state index is 11.9. The van der Waals surface area contributed by atoms with Gasteiger partial charge in [-0.1, -0.05) is 5.21 Å². The van der Waals surface area contributed by atoms with Crippen LogP contribution in [0.1, 0.15) is 22.6 Å². The lowest BCUT2D eigenvalue weighted by molar-refractivity contribution is 0.106. The van der Waals surface area contributed by atoms with Crippen LogP contribution in [0.15, 0.2) is 0 Å². The van der Waals surface area contributed by atoms with Gasteiger partial charge in [-0.15, -0.1) is 5.10 Å². The molecule has 0 saturated heterocycles. The van der Waals surface area contributed by atoms with E-state index in [0.717, 1.165) is 0 Å². The van der Waals surface area contributed by atoms with E-state index in [1.54, 1.807) is 0 Å². The summed E-state index contributed by atoms with van der Waals surface area (Å²) in [6.07, 6.45) is -2.84. The van der Waals surface area contributed by atoms with Crippen LogP contribution >= 0.6 is 11.6 Å². The Bertz CT molecular complexity index is 274. The molecule has 0 bridgehead atoms. The Labute approximate surface area is 64.5 Å². The topological polar surface area (TPSA) is 58.6 Å². The zero-order valence-electron chi connectivity index (χ0n) is 5.01. The van der Waals surface area contributed by atoms with E-state index in [9.17, 15) is 13.6 Å². The van der Waals surface area contributed by atoms with E-state index in [0.29, 0.717) is 0 Å². The SMILES string of the molecule is O=C(Cl)c1[nH]nnc1C(F)F. The van der Waals surface area contributed by atoms with Gasteiger partial charge >= 0.3 is 0 Å². The molecule has 60 valence electrons. The molecule has 0 saturated carbocycles. The molecule has 1 heterocycles. The van der Waals surface area contributed by atoms with Crippen molar-refractivity contribution in [3.05, 3.63) is 11.4 Å². The van der Waals surface area contributed by atoms with Crippen molar-refractivity contribution >= 4 is 16.8 Å². The van der Waals surface area contributed by atoms with E-state index in [1.807, 2.05) is 5.10 Å². The molecule has 0 aliphatic heterocycles. The van der Waals surface area contributed by atoms with Gasteiger partial charge in [0.25, 0.3) is 11.7 Å². The smallest absolute Gasteiger partial charge is 0.274 e. The highest BCUT2D eigenvalue weighted by Crippen LogP contribution is 2.19. The number of hydrogen-bond donors (Lipinski definition) is 1. The van der Waals surface area contributed by atoms with Crippen LogP contribution in [0.3, 0.4) is 0 Å². The lowest BCUT2D eigenvalue weighted by Gasteiger charge is -1.91. The highest BCUT2D eigenvalue weighted by molar-refractivity contribution is 6.67. The molecule has 4 nitrogen and oxygen atoms in total. The number of H-pyrrole nitrogens is 1. The first-order chi connectivity index (χ1) is 5.13. The molecule has 0 unspecified atom stereocenters. The van der Waals surface area contributed by atoms with Gasteiger partial charge in [0.05, 0.1) is 0 Å². The van der Waals surface area contributed by atoms with Crippen LogP contribution in [0.25, 0.3) is 0 Å². The number of carbonyl (C=O) groups excluding carboxylic acids is 1. The van der Waals surface area contributed by atoms with Gasteiger partial charge < -0.3 is 0 Å². The number of aromatic amines is 1. The number of carbonyl (C=O) groups is 1. The normalized spacial score (nSPS) is 10.5. The standard InChI is InChI=1S/C4H2ClF2N3O/c5-3(11)1-2(4(6)7)9-10-8-1/h4H,(H,8,9,10). The summed E-state index contributed by atoms with van der Waals surface area (Å²) in [6, 6.07) is 0. The van der Waals surface area contributed by atoms with Crippen LogP contribution in [0, 0.1) is 0 Å². The van der Waals surface area contributed by atoms with Gasteiger partial charge in [-0.25, -0.2) is 8.78 Å². The molecule has 0 spiro atoms. The van der Waals surface area contributed by atoms with E-state index in [4.69, 9.17) is 11.6 Å². The molecule has 0 aromatic carbocycles. The quantitative estimate of drug-likeness (QED) is 0.696. The monoisotopic (exact) mass is 181 g/mol. The van der Waals surface area contributed by atoms with Gasteiger partial charge in [0.2, 0.25) is 0 Å². The Balaban J connectivity index is 3.06. The minimum atomic E-state index is -2.84. The van der Waals surface area contributed by atoms with Crippen LogP contribution in [-0.4, -0.2) is 20.7 Å². The molecular formula is C4H2ClF2N3O. The second-order valence-electron chi connectivity index (χ2n) is 1.65. The van der Waals surface area contributed by atoms with Gasteiger partial charge in [0, 0.05) is 0 Å². The summed E-state index contributed by atoms with van der Waals surface area (Å²) in [5.74, 6) is 0. The molecule has 0 aliphatic rings. The molecule has 7 heteroatoms. The van der Waals surface area contributed by atoms with Crippen LogP contribution < -0.4 is 0 Å². The molecule has 1 aromatic rings. The van der Waals surface area contributed by atoms with Gasteiger partial charge in [-0.2, -0.15) is 0 Å². The first kappa shape index (κ1) is 8.06. The van der Waals surface area contributed by atoms with Crippen LogP contribution in [-0.2, 0) is 0 Å². The molecule has 0 aliphatic carbocycles. The number of alkyl halides is 2. The van der Waals surface area contributed by atoms with E-state index < -0.39 is 23.1 Å². The summed E-state index contributed by atoms with van der Waals surface area (Å²) in [5.41, 5.74) is -1.17. The fraction of sp³-hybridized carbons (Fsp3) is 0.250. The molecule has 0 fully saturated rings. The minimum Gasteiger partial charge on any atom is -0.274 e. The third-order valence-electron chi connectivity index (χ3n) is 0.979. The first-order valence-electron chi connectivity index (χ1n) is 2.52. The van der Waals surface area contributed by atoms with Crippen molar-refractivity contribution in [2.75, 3.05) is 0 Å². The van der Waals surface area contributed by atoms with Crippen molar-refractivity contribution < 1.29 is 13.6 Å². The van der Waals surface area contributed by atoms with Crippen molar-refractivity contribution in [1.29, 1.82) is 0 Å². The Morgan fingerprint density at radius 2 is 2.27 bits per heavy atom. The summed E-state index contributed by atoms with van der Waals surface area (Å²) in [5, 5.41) is 6.92. The van der Waals surface area contributed by atoms with Crippen molar-refractivity contribution in [3.8, 4) is 0 Å². The van der Waals surface area contributed by atoms with Gasteiger partial charge in [0.1, 0.15) is 5.69 Å². The van der Waals surface area contributed by atoms with E-state index >= 15 is 0 Å². The van der Waals surface area contributed by atoms with E-state index in [2.05, 4.69) is 10.3 Å². The number of aromatic nitrogens is 3. The Morgan fingerprint density at radius 3 is 2.64 bits per heavy atom. The highest BCUT2D eigenvalue weighted by atomic mass is 35.5. The van der Waals surface area contributed by atoms with E-state index in [-0.39, 0.29) is 0 Å². The van der Waals surface area contributed by atoms with Crippen LogP contribution in [0.2, 0.25) is 0 Å².